The van der Waals surface area contributed by atoms with Gasteiger partial charge in [0.15, 0.2) is 0 Å². The molecule has 1 aliphatic rings. The molecule has 1 saturated heterocycles. The van der Waals surface area contributed by atoms with E-state index in [0.29, 0.717) is 6.54 Å². The molecule has 1 aliphatic heterocycles. The Hall–Kier alpha value is -2.13. The first-order valence-electron chi connectivity index (χ1n) is 8.36. The Morgan fingerprint density at radius 3 is 2.48 bits per heavy atom. The van der Waals surface area contributed by atoms with Gasteiger partial charge >= 0.3 is 0 Å². The molecule has 0 saturated carbocycles. The predicted molar refractivity (Wildman–Crippen MR) is 93.3 cm³/mol. The molecule has 0 radical (unpaired) electrons. The minimum atomic E-state index is -0.0146. The number of benzene rings is 2. The highest BCUT2D eigenvalue weighted by Crippen LogP contribution is 2.13. The van der Waals surface area contributed by atoms with Crippen molar-refractivity contribution in [1.29, 1.82) is 0 Å². The predicted octanol–water partition coefficient (Wildman–Crippen LogP) is 3.52. The number of nitrogens with zero attached hydrogens (tertiary/aromatic N) is 1. The van der Waals surface area contributed by atoms with Gasteiger partial charge in [0.1, 0.15) is 0 Å². The van der Waals surface area contributed by atoms with Crippen molar-refractivity contribution in [2.75, 3.05) is 13.1 Å². The molecular formula is C20H24N2O. The van der Waals surface area contributed by atoms with Crippen LogP contribution in [0.5, 0.6) is 0 Å². The first kappa shape index (κ1) is 15.8. The summed E-state index contributed by atoms with van der Waals surface area (Å²) in [5, 5.41) is 2.99. The topological polar surface area (TPSA) is 32.3 Å². The van der Waals surface area contributed by atoms with Gasteiger partial charge in [-0.3, -0.25) is 9.69 Å². The summed E-state index contributed by atoms with van der Waals surface area (Å²) in [6.07, 6.45) is 2.61. The molecule has 3 heteroatoms. The number of aryl methyl sites for hydroxylation is 1. The number of hydrogen-bond acceptors (Lipinski definition) is 2. The Labute approximate surface area is 138 Å². The normalized spacial score (nSPS) is 14.8. The number of hydrogen-bond donors (Lipinski definition) is 1. The van der Waals surface area contributed by atoms with Crippen LogP contribution in [0.3, 0.4) is 0 Å². The lowest BCUT2D eigenvalue weighted by molar-refractivity contribution is 0.0951. The molecule has 0 aliphatic carbocycles. The first-order chi connectivity index (χ1) is 11.2. The van der Waals surface area contributed by atoms with E-state index in [9.17, 15) is 4.79 Å². The number of nitrogens with one attached hydrogen (secondary N) is 1. The Bertz CT molecular complexity index is 658. The van der Waals surface area contributed by atoms with Crippen molar-refractivity contribution in [3.63, 3.8) is 0 Å². The van der Waals surface area contributed by atoms with Crippen LogP contribution in [0.2, 0.25) is 0 Å². The van der Waals surface area contributed by atoms with Gasteiger partial charge in [0.25, 0.3) is 5.91 Å². The Balaban J connectivity index is 1.54. The molecule has 0 aromatic heterocycles. The van der Waals surface area contributed by atoms with Crippen LogP contribution < -0.4 is 5.32 Å². The highest BCUT2D eigenvalue weighted by molar-refractivity contribution is 5.94. The van der Waals surface area contributed by atoms with Crippen LogP contribution in [0.15, 0.2) is 48.5 Å². The van der Waals surface area contributed by atoms with E-state index in [0.717, 1.165) is 17.7 Å². The van der Waals surface area contributed by atoms with Crippen LogP contribution in [0, 0.1) is 6.92 Å². The van der Waals surface area contributed by atoms with Crippen LogP contribution in [0.4, 0.5) is 0 Å². The number of likely N-dealkylation sites (tertiary alicyclic amines) is 1. The van der Waals surface area contributed by atoms with Crippen molar-refractivity contribution in [3.05, 3.63) is 70.8 Å². The van der Waals surface area contributed by atoms with Crippen molar-refractivity contribution in [2.24, 2.45) is 0 Å². The summed E-state index contributed by atoms with van der Waals surface area (Å²) in [6, 6.07) is 16.2. The molecule has 2 aromatic carbocycles. The van der Waals surface area contributed by atoms with Gasteiger partial charge < -0.3 is 5.32 Å². The molecule has 0 bridgehead atoms. The third-order valence-electron chi connectivity index (χ3n) is 4.36. The summed E-state index contributed by atoms with van der Waals surface area (Å²) in [5.41, 5.74) is 4.34. The first-order valence-corrected chi connectivity index (χ1v) is 8.36. The monoisotopic (exact) mass is 308 g/mol. The van der Waals surface area contributed by atoms with Crippen LogP contribution in [0.25, 0.3) is 0 Å². The van der Waals surface area contributed by atoms with Gasteiger partial charge in [-0.2, -0.15) is 0 Å². The smallest absolute Gasteiger partial charge is 0.251 e. The van der Waals surface area contributed by atoms with E-state index >= 15 is 0 Å². The SMILES string of the molecule is Cc1cccc(CNC(=O)c2ccc(CN3CCCC3)cc2)c1. The summed E-state index contributed by atoms with van der Waals surface area (Å²) in [7, 11) is 0. The van der Waals surface area contributed by atoms with Gasteiger partial charge in [-0.05, 0) is 56.1 Å². The largest absolute Gasteiger partial charge is 0.348 e. The number of rotatable bonds is 5. The highest BCUT2D eigenvalue weighted by atomic mass is 16.1. The maximum atomic E-state index is 12.2. The molecule has 0 unspecified atom stereocenters. The summed E-state index contributed by atoms with van der Waals surface area (Å²) in [6.45, 7) is 6.00. The fourth-order valence-electron chi connectivity index (χ4n) is 3.07. The van der Waals surface area contributed by atoms with Gasteiger partial charge in [0, 0.05) is 18.7 Å². The van der Waals surface area contributed by atoms with Gasteiger partial charge in [-0.15, -0.1) is 0 Å². The van der Waals surface area contributed by atoms with Gasteiger partial charge in [-0.25, -0.2) is 0 Å². The molecular weight excluding hydrogens is 284 g/mol. The molecule has 1 heterocycles. The highest BCUT2D eigenvalue weighted by Gasteiger charge is 2.12. The van der Waals surface area contributed by atoms with Gasteiger partial charge in [0.2, 0.25) is 0 Å². The molecule has 23 heavy (non-hydrogen) atoms. The number of carbonyl (C=O) groups is 1. The van der Waals surface area contributed by atoms with Gasteiger partial charge in [-0.1, -0.05) is 42.0 Å². The third kappa shape index (κ3) is 4.42. The summed E-state index contributed by atoms with van der Waals surface area (Å²) in [4.78, 5) is 14.7. The Morgan fingerprint density at radius 2 is 1.78 bits per heavy atom. The molecule has 120 valence electrons. The molecule has 1 amide bonds. The lowest BCUT2D eigenvalue weighted by atomic mass is 10.1. The lowest BCUT2D eigenvalue weighted by Crippen LogP contribution is -2.23. The second-order valence-corrected chi connectivity index (χ2v) is 6.35. The fraction of sp³-hybridized carbons (Fsp3) is 0.350. The van der Waals surface area contributed by atoms with Crippen molar-refractivity contribution >= 4 is 5.91 Å². The van der Waals surface area contributed by atoms with Crippen LogP contribution in [0.1, 0.15) is 39.9 Å². The van der Waals surface area contributed by atoms with E-state index < -0.39 is 0 Å². The molecule has 0 atom stereocenters. The number of amides is 1. The third-order valence-corrected chi connectivity index (χ3v) is 4.36. The van der Waals surface area contributed by atoms with E-state index in [1.165, 1.54) is 37.1 Å². The molecule has 1 fully saturated rings. The second kappa shape index (κ2) is 7.42. The van der Waals surface area contributed by atoms with E-state index in [1.807, 2.05) is 24.3 Å². The molecule has 3 nitrogen and oxygen atoms in total. The van der Waals surface area contributed by atoms with Gasteiger partial charge in [0.05, 0.1) is 0 Å². The van der Waals surface area contributed by atoms with Crippen LogP contribution in [-0.4, -0.2) is 23.9 Å². The fourth-order valence-corrected chi connectivity index (χ4v) is 3.07. The molecule has 0 spiro atoms. The van der Waals surface area contributed by atoms with Crippen molar-refractivity contribution in [3.8, 4) is 0 Å². The zero-order valence-electron chi connectivity index (χ0n) is 13.7. The van der Waals surface area contributed by atoms with Crippen LogP contribution in [-0.2, 0) is 13.1 Å². The number of carbonyl (C=O) groups excluding carboxylic acids is 1. The quantitative estimate of drug-likeness (QED) is 0.916. The Morgan fingerprint density at radius 1 is 1.04 bits per heavy atom. The average Bonchev–Trinajstić information content (AvgIpc) is 3.06. The minimum Gasteiger partial charge on any atom is -0.348 e. The summed E-state index contributed by atoms with van der Waals surface area (Å²) < 4.78 is 0. The average molecular weight is 308 g/mol. The summed E-state index contributed by atoms with van der Waals surface area (Å²) >= 11 is 0. The van der Waals surface area contributed by atoms with Crippen molar-refractivity contribution < 1.29 is 4.79 Å². The summed E-state index contributed by atoms with van der Waals surface area (Å²) in [5.74, 6) is -0.0146. The maximum Gasteiger partial charge on any atom is 0.251 e. The zero-order chi connectivity index (χ0) is 16.1. The van der Waals surface area contributed by atoms with E-state index in [1.54, 1.807) is 0 Å². The van der Waals surface area contributed by atoms with Crippen molar-refractivity contribution in [2.45, 2.75) is 32.9 Å². The lowest BCUT2D eigenvalue weighted by Gasteiger charge is -2.14. The zero-order valence-corrected chi connectivity index (χ0v) is 13.7. The van der Waals surface area contributed by atoms with Crippen molar-refractivity contribution in [1.82, 2.24) is 10.2 Å². The van der Waals surface area contributed by atoms with E-state index in [-0.39, 0.29) is 5.91 Å². The van der Waals surface area contributed by atoms with E-state index in [4.69, 9.17) is 0 Å². The Kier molecular flexibility index (Phi) is 5.09. The molecule has 3 rings (SSSR count). The minimum absolute atomic E-state index is 0.0146. The standard InChI is InChI=1S/C20H24N2O/c1-16-5-4-6-18(13-16)14-21-20(23)19-9-7-17(8-10-19)15-22-11-2-3-12-22/h4-10,13H,2-3,11-12,14-15H2,1H3,(H,21,23). The molecule has 2 aromatic rings. The van der Waals surface area contributed by atoms with E-state index in [2.05, 4.69) is 41.4 Å². The second-order valence-electron chi connectivity index (χ2n) is 6.35. The maximum absolute atomic E-state index is 12.2. The van der Waals surface area contributed by atoms with Crippen LogP contribution >= 0.6 is 0 Å². The molecule has 1 N–H and O–H groups in total.